The number of rotatable bonds is 4. The maximum absolute atomic E-state index is 9.72. The Balaban J connectivity index is 2.50. The van der Waals surface area contributed by atoms with Crippen LogP contribution in [-0.2, 0) is 0 Å². The van der Waals surface area contributed by atoms with Gasteiger partial charge in [0.2, 0.25) is 5.95 Å². The van der Waals surface area contributed by atoms with Crippen LogP contribution in [0.25, 0.3) is 0 Å². The molecule has 0 aliphatic carbocycles. The van der Waals surface area contributed by atoms with Gasteiger partial charge in [-0.3, -0.25) is 0 Å². The molecule has 0 fully saturated rings. The van der Waals surface area contributed by atoms with Crippen LogP contribution in [0.4, 0.5) is 5.95 Å². The lowest BCUT2D eigenvalue weighted by Crippen LogP contribution is -2.32. The fourth-order valence-electron chi connectivity index (χ4n) is 0.798. The summed E-state index contributed by atoms with van der Waals surface area (Å²) in [6.07, 6.45) is 4.16. The van der Waals surface area contributed by atoms with E-state index in [4.69, 9.17) is 0 Å². The summed E-state index contributed by atoms with van der Waals surface area (Å²) in [5.41, 5.74) is -0.702. The lowest BCUT2D eigenvalue weighted by Gasteiger charge is -2.21. The van der Waals surface area contributed by atoms with E-state index in [0.717, 1.165) is 3.57 Å². The monoisotopic (exact) mass is 307 g/mol. The van der Waals surface area contributed by atoms with Gasteiger partial charge in [0.25, 0.3) is 0 Å². The van der Waals surface area contributed by atoms with Gasteiger partial charge in [0, 0.05) is 22.5 Å². The fourth-order valence-corrected chi connectivity index (χ4v) is 1.08. The van der Waals surface area contributed by atoms with Crippen molar-refractivity contribution in [2.45, 2.75) is 25.9 Å². The topological polar surface area (TPSA) is 58.0 Å². The Morgan fingerprint density at radius 2 is 2.07 bits per heavy atom. The summed E-state index contributed by atoms with van der Waals surface area (Å²) in [7, 11) is 0. The molecule has 5 heteroatoms. The third-order valence-electron chi connectivity index (χ3n) is 2.01. The highest BCUT2D eigenvalue weighted by atomic mass is 127. The van der Waals surface area contributed by atoms with Gasteiger partial charge in [-0.2, -0.15) is 0 Å². The Hall–Kier alpha value is -0.430. The van der Waals surface area contributed by atoms with Crippen molar-refractivity contribution in [2.24, 2.45) is 0 Å². The van der Waals surface area contributed by atoms with E-state index in [1.54, 1.807) is 19.3 Å². The molecule has 1 rings (SSSR count). The Morgan fingerprint density at radius 3 is 2.57 bits per heavy atom. The number of halogens is 1. The quantitative estimate of drug-likeness (QED) is 0.831. The summed E-state index contributed by atoms with van der Waals surface area (Å²) in [6, 6.07) is 0. The van der Waals surface area contributed by atoms with Crippen molar-refractivity contribution in [3.63, 3.8) is 0 Å². The average Bonchev–Trinajstić information content (AvgIpc) is 2.17. The first-order valence-corrected chi connectivity index (χ1v) is 5.55. The van der Waals surface area contributed by atoms with E-state index < -0.39 is 5.60 Å². The molecule has 0 aliphatic rings. The fraction of sp³-hybridized carbons (Fsp3) is 0.556. The average molecular weight is 307 g/mol. The predicted molar refractivity (Wildman–Crippen MR) is 64.2 cm³/mol. The van der Waals surface area contributed by atoms with Crippen molar-refractivity contribution in [2.75, 3.05) is 11.9 Å². The van der Waals surface area contributed by atoms with Gasteiger partial charge in [-0.1, -0.05) is 6.92 Å². The molecule has 0 bridgehead atoms. The number of aromatic nitrogens is 2. The number of anilines is 1. The molecule has 78 valence electrons. The maximum Gasteiger partial charge on any atom is 0.222 e. The first-order chi connectivity index (χ1) is 6.53. The largest absolute Gasteiger partial charge is 0.388 e. The molecular weight excluding hydrogens is 293 g/mol. The van der Waals surface area contributed by atoms with E-state index in [1.165, 1.54) is 0 Å². The van der Waals surface area contributed by atoms with E-state index in [9.17, 15) is 5.11 Å². The summed E-state index contributed by atoms with van der Waals surface area (Å²) in [5, 5.41) is 12.7. The molecule has 1 aromatic rings. The minimum absolute atomic E-state index is 0.462. The molecule has 0 saturated carbocycles. The van der Waals surface area contributed by atoms with E-state index in [0.29, 0.717) is 18.9 Å². The number of nitrogens with one attached hydrogen (secondary N) is 1. The molecule has 0 aliphatic heterocycles. The second-order valence-corrected chi connectivity index (χ2v) is 4.67. The van der Waals surface area contributed by atoms with Crippen molar-refractivity contribution < 1.29 is 5.11 Å². The molecule has 0 amide bonds. The van der Waals surface area contributed by atoms with Crippen LogP contribution >= 0.6 is 22.6 Å². The van der Waals surface area contributed by atoms with Crippen LogP contribution < -0.4 is 5.32 Å². The van der Waals surface area contributed by atoms with Gasteiger partial charge < -0.3 is 10.4 Å². The van der Waals surface area contributed by atoms with Crippen molar-refractivity contribution in [1.29, 1.82) is 0 Å². The van der Waals surface area contributed by atoms with Crippen LogP contribution in [0.2, 0.25) is 0 Å². The van der Waals surface area contributed by atoms with E-state index in [2.05, 4.69) is 37.9 Å². The van der Waals surface area contributed by atoms with Gasteiger partial charge in [0.15, 0.2) is 0 Å². The van der Waals surface area contributed by atoms with Crippen molar-refractivity contribution in [3.05, 3.63) is 16.0 Å². The van der Waals surface area contributed by atoms with Gasteiger partial charge >= 0.3 is 0 Å². The second-order valence-electron chi connectivity index (χ2n) is 3.43. The zero-order valence-electron chi connectivity index (χ0n) is 8.29. The predicted octanol–water partition coefficient (Wildman–Crippen LogP) is 1.65. The van der Waals surface area contributed by atoms with Crippen LogP contribution in [0.5, 0.6) is 0 Å². The van der Waals surface area contributed by atoms with Gasteiger partial charge in [0.05, 0.1) is 5.60 Å². The van der Waals surface area contributed by atoms with Crippen molar-refractivity contribution in [1.82, 2.24) is 9.97 Å². The minimum Gasteiger partial charge on any atom is -0.388 e. The SMILES string of the molecule is CCC(C)(O)CNc1ncc(I)cn1. The third-order valence-corrected chi connectivity index (χ3v) is 2.57. The molecule has 1 heterocycles. The van der Waals surface area contributed by atoms with Gasteiger partial charge in [0.1, 0.15) is 0 Å². The van der Waals surface area contributed by atoms with Crippen LogP contribution in [0.15, 0.2) is 12.4 Å². The molecule has 0 spiro atoms. The Kier molecular flexibility index (Phi) is 4.06. The summed E-state index contributed by atoms with van der Waals surface area (Å²) >= 11 is 2.15. The molecule has 1 unspecified atom stereocenters. The molecular formula is C9H14IN3O. The first-order valence-electron chi connectivity index (χ1n) is 4.47. The standard InChI is InChI=1S/C9H14IN3O/c1-3-9(2,14)6-13-8-11-4-7(10)5-12-8/h4-5,14H,3,6H2,1-2H3,(H,11,12,13). The van der Waals surface area contributed by atoms with E-state index >= 15 is 0 Å². The van der Waals surface area contributed by atoms with Gasteiger partial charge in [-0.05, 0) is 35.9 Å². The molecule has 4 nitrogen and oxygen atoms in total. The molecule has 1 aromatic heterocycles. The normalized spacial score (nSPS) is 14.9. The Bertz CT molecular complexity index is 287. The molecule has 2 N–H and O–H groups in total. The second kappa shape index (κ2) is 4.88. The highest BCUT2D eigenvalue weighted by Crippen LogP contribution is 2.09. The number of nitrogens with zero attached hydrogens (tertiary/aromatic N) is 2. The number of hydrogen-bond donors (Lipinski definition) is 2. The maximum atomic E-state index is 9.72. The Labute approximate surface area is 97.3 Å². The highest BCUT2D eigenvalue weighted by Gasteiger charge is 2.17. The summed E-state index contributed by atoms with van der Waals surface area (Å²) in [5.74, 6) is 0.555. The van der Waals surface area contributed by atoms with Crippen LogP contribution in [-0.4, -0.2) is 27.2 Å². The van der Waals surface area contributed by atoms with Crippen LogP contribution in [0, 0.1) is 3.57 Å². The smallest absolute Gasteiger partial charge is 0.222 e. The van der Waals surface area contributed by atoms with Gasteiger partial charge in [-0.25, -0.2) is 9.97 Å². The molecule has 14 heavy (non-hydrogen) atoms. The molecule has 0 saturated heterocycles. The Morgan fingerprint density at radius 1 is 1.50 bits per heavy atom. The zero-order chi connectivity index (χ0) is 10.6. The zero-order valence-corrected chi connectivity index (χ0v) is 10.4. The molecule has 0 aromatic carbocycles. The van der Waals surface area contributed by atoms with E-state index in [-0.39, 0.29) is 0 Å². The summed E-state index contributed by atoms with van der Waals surface area (Å²) in [4.78, 5) is 8.15. The molecule has 0 radical (unpaired) electrons. The van der Waals surface area contributed by atoms with Crippen molar-refractivity contribution in [3.8, 4) is 0 Å². The minimum atomic E-state index is -0.702. The summed E-state index contributed by atoms with van der Waals surface area (Å²) in [6.45, 7) is 4.19. The lowest BCUT2D eigenvalue weighted by molar-refractivity contribution is 0.0695. The van der Waals surface area contributed by atoms with Crippen LogP contribution in [0.3, 0.4) is 0 Å². The van der Waals surface area contributed by atoms with Crippen LogP contribution in [0.1, 0.15) is 20.3 Å². The highest BCUT2D eigenvalue weighted by molar-refractivity contribution is 14.1. The number of hydrogen-bond acceptors (Lipinski definition) is 4. The van der Waals surface area contributed by atoms with E-state index in [1.807, 2.05) is 6.92 Å². The first kappa shape index (κ1) is 11.6. The lowest BCUT2D eigenvalue weighted by atomic mass is 10.0. The number of aliphatic hydroxyl groups is 1. The van der Waals surface area contributed by atoms with Gasteiger partial charge in [-0.15, -0.1) is 0 Å². The summed E-state index contributed by atoms with van der Waals surface area (Å²) < 4.78 is 0.996. The molecule has 1 atom stereocenters. The third kappa shape index (κ3) is 3.75. The van der Waals surface area contributed by atoms with Crippen molar-refractivity contribution >= 4 is 28.5 Å².